The van der Waals surface area contributed by atoms with Crippen LogP contribution in [-0.4, -0.2) is 25.8 Å². The van der Waals surface area contributed by atoms with Crippen LogP contribution in [0.25, 0.3) is 10.2 Å². The molecule has 0 bridgehead atoms. The summed E-state index contributed by atoms with van der Waals surface area (Å²) in [5, 5.41) is 7.15. The molecule has 0 unspecified atom stereocenters. The van der Waals surface area contributed by atoms with Gasteiger partial charge in [0.05, 0.1) is 11.6 Å². The molecular weight excluding hydrogens is 300 g/mol. The molecule has 0 aromatic carbocycles. The molecule has 3 aromatic heterocycles. The Balaban J connectivity index is 1.92. The number of nitrogens with one attached hydrogen (secondary N) is 1. The second-order valence-electron chi connectivity index (χ2n) is 4.12. The first kappa shape index (κ1) is 13.2. The van der Waals surface area contributed by atoms with Crippen LogP contribution in [0.2, 0.25) is 0 Å². The van der Waals surface area contributed by atoms with Crippen LogP contribution in [0.5, 0.6) is 0 Å². The summed E-state index contributed by atoms with van der Waals surface area (Å²) in [7, 11) is 1.51. The zero-order valence-electron chi connectivity index (χ0n) is 10.7. The van der Waals surface area contributed by atoms with Gasteiger partial charge in [-0.25, -0.2) is 14.2 Å². The summed E-state index contributed by atoms with van der Waals surface area (Å²) < 4.78 is 10.7. The van der Waals surface area contributed by atoms with Crippen LogP contribution in [0.15, 0.2) is 26.5 Å². The third kappa shape index (κ3) is 2.36. The number of rotatable bonds is 3. The van der Waals surface area contributed by atoms with Crippen LogP contribution >= 0.6 is 11.3 Å². The summed E-state index contributed by atoms with van der Waals surface area (Å²) in [6.07, 6.45) is 1.33. The van der Waals surface area contributed by atoms with E-state index in [1.165, 1.54) is 23.9 Å². The summed E-state index contributed by atoms with van der Waals surface area (Å²) in [5.41, 5.74) is -0.707. The molecule has 0 radical (unpaired) electrons. The first-order chi connectivity index (χ1) is 10.1. The first-order valence-electron chi connectivity index (χ1n) is 5.72. The Kier molecular flexibility index (Phi) is 3.14. The number of carbonyl (C=O) groups is 1. The molecule has 10 heteroatoms. The Morgan fingerprint density at radius 2 is 2.33 bits per heavy atom. The maximum atomic E-state index is 11.9. The number of hydrogen-bond acceptors (Lipinski definition) is 8. The third-order valence-electron chi connectivity index (χ3n) is 2.75. The molecule has 0 aliphatic carbocycles. The number of nitrogens with zero attached hydrogens (tertiary/aromatic N) is 3. The fourth-order valence-corrected chi connectivity index (χ4v) is 2.70. The highest BCUT2D eigenvalue weighted by Gasteiger charge is 2.16. The van der Waals surface area contributed by atoms with Crippen LogP contribution in [0.4, 0.5) is 0 Å². The molecule has 9 nitrogen and oxygen atoms in total. The SMILES string of the molecule is Cn1c(=O)[nH]c(=O)c2cc(C(=O)OCc3cnon3)sc21. The number of esters is 1. The molecule has 108 valence electrons. The summed E-state index contributed by atoms with van der Waals surface area (Å²) in [6, 6.07) is 1.39. The summed E-state index contributed by atoms with van der Waals surface area (Å²) in [6.45, 7) is -0.0914. The highest BCUT2D eigenvalue weighted by Crippen LogP contribution is 2.22. The highest BCUT2D eigenvalue weighted by molar-refractivity contribution is 7.20. The Hall–Kier alpha value is -2.75. The number of aromatic nitrogens is 4. The van der Waals surface area contributed by atoms with Crippen LogP contribution in [0.3, 0.4) is 0 Å². The van der Waals surface area contributed by atoms with Gasteiger partial charge in [-0.3, -0.25) is 14.3 Å². The maximum absolute atomic E-state index is 11.9. The molecule has 21 heavy (non-hydrogen) atoms. The molecule has 3 rings (SSSR count). The quantitative estimate of drug-likeness (QED) is 0.677. The van der Waals surface area contributed by atoms with E-state index in [4.69, 9.17) is 4.74 Å². The number of hydrogen-bond donors (Lipinski definition) is 1. The minimum absolute atomic E-state index is 0.0914. The van der Waals surface area contributed by atoms with E-state index in [0.717, 1.165) is 11.3 Å². The lowest BCUT2D eigenvalue weighted by atomic mass is 10.3. The van der Waals surface area contributed by atoms with E-state index >= 15 is 0 Å². The molecule has 0 aliphatic rings. The van der Waals surface area contributed by atoms with Gasteiger partial charge < -0.3 is 4.74 Å². The lowest BCUT2D eigenvalue weighted by Crippen LogP contribution is -2.27. The van der Waals surface area contributed by atoms with Crippen molar-refractivity contribution >= 4 is 27.5 Å². The molecular formula is C11H8N4O5S. The van der Waals surface area contributed by atoms with E-state index in [0.29, 0.717) is 10.5 Å². The summed E-state index contributed by atoms with van der Waals surface area (Å²) >= 11 is 1.01. The minimum atomic E-state index is -0.619. The van der Waals surface area contributed by atoms with E-state index in [9.17, 15) is 14.4 Å². The lowest BCUT2D eigenvalue weighted by molar-refractivity contribution is 0.0469. The maximum Gasteiger partial charge on any atom is 0.348 e. The first-order valence-corrected chi connectivity index (χ1v) is 6.54. The third-order valence-corrected chi connectivity index (χ3v) is 3.94. The van der Waals surface area contributed by atoms with Crippen molar-refractivity contribution in [2.24, 2.45) is 7.05 Å². The van der Waals surface area contributed by atoms with Gasteiger partial charge >= 0.3 is 11.7 Å². The molecule has 0 amide bonds. The number of ether oxygens (including phenoxy) is 1. The molecule has 0 spiro atoms. The van der Waals surface area contributed by atoms with Gasteiger partial charge in [0.25, 0.3) is 5.56 Å². The summed E-state index contributed by atoms with van der Waals surface area (Å²) in [4.78, 5) is 37.9. The van der Waals surface area contributed by atoms with Crippen molar-refractivity contribution in [1.82, 2.24) is 19.9 Å². The van der Waals surface area contributed by atoms with Crippen LogP contribution in [-0.2, 0) is 18.4 Å². The van der Waals surface area contributed by atoms with E-state index in [2.05, 4.69) is 19.9 Å². The Morgan fingerprint density at radius 3 is 3.05 bits per heavy atom. The van der Waals surface area contributed by atoms with Gasteiger partial charge in [-0.1, -0.05) is 10.3 Å². The standard InChI is InChI=1S/C11H8N4O5S/c1-15-9-6(8(16)13-11(15)18)2-7(21-9)10(17)19-4-5-3-12-20-14-5/h2-3H,4H2,1H3,(H,13,16,18). The van der Waals surface area contributed by atoms with E-state index in [1.54, 1.807) is 0 Å². The highest BCUT2D eigenvalue weighted by atomic mass is 32.1. The number of carbonyl (C=O) groups excluding carboxylic acids is 1. The van der Waals surface area contributed by atoms with Crippen LogP contribution in [0.1, 0.15) is 15.4 Å². The normalized spacial score (nSPS) is 10.9. The van der Waals surface area contributed by atoms with Crippen molar-refractivity contribution in [3.05, 3.63) is 43.7 Å². The van der Waals surface area contributed by atoms with Crippen molar-refractivity contribution in [2.75, 3.05) is 0 Å². The second-order valence-corrected chi connectivity index (χ2v) is 5.15. The van der Waals surface area contributed by atoms with E-state index in [-0.39, 0.29) is 16.9 Å². The molecule has 0 saturated carbocycles. The van der Waals surface area contributed by atoms with Crippen molar-refractivity contribution in [3.63, 3.8) is 0 Å². The number of fused-ring (bicyclic) bond motifs is 1. The monoisotopic (exact) mass is 308 g/mol. The van der Waals surface area contributed by atoms with Crippen LogP contribution in [0, 0.1) is 0 Å². The lowest BCUT2D eigenvalue weighted by Gasteiger charge is -1.98. The fraction of sp³-hybridized carbons (Fsp3) is 0.182. The van der Waals surface area contributed by atoms with Gasteiger partial charge in [-0.15, -0.1) is 11.3 Å². The fourth-order valence-electron chi connectivity index (χ4n) is 1.69. The zero-order chi connectivity index (χ0) is 15.0. The molecule has 3 aromatic rings. The van der Waals surface area contributed by atoms with Gasteiger partial charge in [0, 0.05) is 7.05 Å². The van der Waals surface area contributed by atoms with Gasteiger partial charge in [-0.05, 0) is 6.07 Å². The topological polar surface area (TPSA) is 120 Å². The predicted molar refractivity (Wildman–Crippen MR) is 71.1 cm³/mol. The Bertz CT molecular complexity index is 920. The average molecular weight is 308 g/mol. The van der Waals surface area contributed by atoms with E-state index in [1.807, 2.05) is 0 Å². The molecule has 3 heterocycles. The van der Waals surface area contributed by atoms with Crippen molar-refractivity contribution in [2.45, 2.75) is 6.61 Å². The molecule has 0 aliphatic heterocycles. The second kappa shape index (κ2) is 4.98. The number of aryl methyl sites for hydroxylation is 1. The zero-order valence-corrected chi connectivity index (χ0v) is 11.5. The van der Waals surface area contributed by atoms with Crippen molar-refractivity contribution in [1.29, 1.82) is 0 Å². The van der Waals surface area contributed by atoms with Crippen molar-refractivity contribution in [3.8, 4) is 0 Å². The van der Waals surface area contributed by atoms with Crippen molar-refractivity contribution < 1.29 is 14.2 Å². The molecule has 1 N–H and O–H groups in total. The molecule has 0 fully saturated rings. The Morgan fingerprint density at radius 1 is 1.52 bits per heavy atom. The number of thiophene rings is 1. The van der Waals surface area contributed by atoms with Gasteiger partial charge in [-0.2, -0.15) is 0 Å². The van der Waals surface area contributed by atoms with Gasteiger partial charge in [0.15, 0.2) is 0 Å². The average Bonchev–Trinajstić information content (AvgIpc) is 3.11. The number of H-pyrrole nitrogens is 1. The largest absolute Gasteiger partial charge is 0.455 e. The Labute approximate surface area is 119 Å². The predicted octanol–water partition coefficient (Wildman–Crippen LogP) is 0.0283. The molecule has 0 saturated heterocycles. The van der Waals surface area contributed by atoms with Gasteiger partial charge in [0.2, 0.25) is 0 Å². The number of aromatic amines is 1. The summed E-state index contributed by atoms with van der Waals surface area (Å²) in [5.74, 6) is -0.619. The van der Waals surface area contributed by atoms with E-state index < -0.39 is 17.2 Å². The smallest absolute Gasteiger partial charge is 0.348 e. The van der Waals surface area contributed by atoms with Crippen LogP contribution < -0.4 is 11.2 Å². The minimum Gasteiger partial charge on any atom is -0.455 e. The van der Waals surface area contributed by atoms with Gasteiger partial charge in [0.1, 0.15) is 22.0 Å². The molecule has 0 atom stereocenters.